The molecule has 1 aromatic rings. The minimum absolute atomic E-state index is 0.246. The molecule has 1 rings (SSSR count). The van der Waals surface area contributed by atoms with Gasteiger partial charge in [0.2, 0.25) is 0 Å². The Morgan fingerprint density at radius 1 is 1.33 bits per heavy atom. The third-order valence-electron chi connectivity index (χ3n) is 2.00. The first-order valence-electron chi connectivity index (χ1n) is 4.11. The second kappa shape index (κ2) is 4.36. The van der Waals surface area contributed by atoms with Crippen LogP contribution in [0.15, 0.2) is 42.0 Å². The Kier molecular flexibility index (Phi) is 3.42. The van der Waals surface area contributed by atoms with Crippen LogP contribution >= 0.6 is 12.6 Å². The fraction of sp³-hybridized carbons (Fsp3) is 0.273. The molecule has 0 fully saturated rings. The number of hydrogen-bond acceptors (Lipinski definition) is 1. The highest BCUT2D eigenvalue weighted by molar-refractivity contribution is 7.80. The van der Waals surface area contributed by atoms with E-state index in [0.717, 1.165) is 0 Å². The van der Waals surface area contributed by atoms with Gasteiger partial charge in [-0.1, -0.05) is 42.0 Å². The molecule has 64 valence electrons. The molecule has 1 heteroatoms. The lowest BCUT2D eigenvalue weighted by molar-refractivity contribution is 1.11. The number of allylic oxidation sites excluding steroid dienone is 1. The molecule has 0 aliphatic rings. The van der Waals surface area contributed by atoms with Crippen LogP contribution in [0.1, 0.15) is 24.7 Å². The maximum Gasteiger partial charge on any atom is 0.0473 e. The molecule has 0 N–H and O–H groups in total. The van der Waals surface area contributed by atoms with Gasteiger partial charge in [0.05, 0.1) is 0 Å². The van der Waals surface area contributed by atoms with E-state index >= 15 is 0 Å². The van der Waals surface area contributed by atoms with Crippen molar-refractivity contribution < 1.29 is 0 Å². The summed E-state index contributed by atoms with van der Waals surface area (Å²) >= 11 is 4.53. The van der Waals surface area contributed by atoms with Crippen molar-refractivity contribution in [2.45, 2.75) is 19.1 Å². The molecule has 1 unspecified atom stereocenters. The van der Waals surface area contributed by atoms with E-state index in [-0.39, 0.29) is 5.25 Å². The molecule has 0 nitrogen and oxygen atoms in total. The highest BCUT2D eigenvalue weighted by atomic mass is 32.1. The molecule has 12 heavy (non-hydrogen) atoms. The Hall–Kier alpha value is -0.690. The minimum atomic E-state index is 0.246. The molecule has 0 bridgehead atoms. The number of rotatable bonds is 2. The normalized spacial score (nSPS) is 14.4. The van der Waals surface area contributed by atoms with Crippen molar-refractivity contribution in [3.63, 3.8) is 0 Å². The van der Waals surface area contributed by atoms with Crippen molar-refractivity contribution in [2.75, 3.05) is 0 Å². The average Bonchev–Trinajstić information content (AvgIpc) is 2.17. The van der Waals surface area contributed by atoms with Crippen LogP contribution in [-0.2, 0) is 0 Å². The van der Waals surface area contributed by atoms with E-state index in [4.69, 9.17) is 0 Å². The largest absolute Gasteiger partial charge is 0.167 e. The summed E-state index contributed by atoms with van der Waals surface area (Å²) in [6.45, 7) is 4.14. The Morgan fingerprint density at radius 2 is 1.92 bits per heavy atom. The van der Waals surface area contributed by atoms with Crippen molar-refractivity contribution in [3.05, 3.63) is 47.5 Å². The lowest BCUT2D eigenvalue weighted by atomic mass is 10.1. The van der Waals surface area contributed by atoms with Gasteiger partial charge < -0.3 is 0 Å². The Balaban J connectivity index is 2.86. The Morgan fingerprint density at radius 3 is 2.42 bits per heavy atom. The van der Waals surface area contributed by atoms with E-state index in [9.17, 15) is 0 Å². The Bertz CT molecular complexity index is 262. The molecule has 1 atom stereocenters. The van der Waals surface area contributed by atoms with Crippen LogP contribution in [0, 0.1) is 0 Å². The lowest BCUT2D eigenvalue weighted by Crippen LogP contribution is -1.90. The van der Waals surface area contributed by atoms with Gasteiger partial charge in [0, 0.05) is 5.25 Å². The molecule has 0 heterocycles. The predicted molar refractivity (Wildman–Crippen MR) is 57.6 cm³/mol. The minimum Gasteiger partial charge on any atom is -0.167 e. The van der Waals surface area contributed by atoms with Crippen molar-refractivity contribution in [3.8, 4) is 0 Å². The third-order valence-corrected chi connectivity index (χ3v) is 2.71. The molecule has 0 radical (unpaired) electrons. The lowest BCUT2D eigenvalue weighted by Gasteiger charge is -2.10. The fourth-order valence-corrected chi connectivity index (χ4v) is 1.38. The highest BCUT2D eigenvalue weighted by Gasteiger charge is 2.05. The zero-order valence-electron chi connectivity index (χ0n) is 7.49. The fourth-order valence-electron chi connectivity index (χ4n) is 1.06. The van der Waals surface area contributed by atoms with E-state index in [2.05, 4.69) is 37.8 Å². The number of benzene rings is 1. The van der Waals surface area contributed by atoms with Crippen molar-refractivity contribution in [1.29, 1.82) is 0 Å². The predicted octanol–water partition coefficient (Wildman–Crippen LogP) is 3.62. The smallest absolute Gasteiger partial charge is 0.0473 e. The zero-order chi connectivity index (χ0) is 8.97. The van der Waals surface area contributed by atoms with Crippen LogP contribution in [0.25, 0.3) is 0 Å². The van der Waals surface area contributed by atoms with E-state index in [1.54, 1.807) is 0 Å². The summed E-state index contributed by atoms with van der Waals surface area (Å²) in [4.78, 5) is 0. The molecule has 0 aliphatic carbocycles. The molecule has 0 amide bonds. The van der Waals surface area contributed by atoms with Crippen molar-refractivity contribution in [2.24, 2.45) is 0 Å². The number of thiol groups is 1. The third kappa shape index (κ3) is 2.15. The average molecular weight is 178 g/mol. The summed E-state index contributed by atoms with van der Waals surface area (Å²) in [6.07, 6.45) is 2.10. The molecule has 1 aromatic carbocycles. The van der Waals surface area contributed by atoms with Gasteiger partial charge in [-0.25, -0.2) is 0 Å². The van der Waals surface area contributed by atoms with E-state index in [1.807, 2.05) is 25.1 Å². The maximum atomic E-state index is 4.53. The standard InChI is InChI=1S/C11H14S/c1-3-9(2)11(12)10-7-5-4-6-8-10/h3-8,11-12H,1-2H3. The Labute approximate surface area is 79.7 Å². The topological polar surface area (TPSA) is 0 Å². The van der Waals surface area contributed by atoms with Gasteiger partial charge in [-0.05, 0) is 19.4 Å². The van der Waals surface area contributed by atoms with Crippen molar-refractivity contribution in [1.82, 2.24) is 0 Å². The maximum absolute atomic E-state index is 4.53. The van der Waals surface area contributed by atoms with Crippen LogP contribution < -0.4 is 0 Å². The summed E-state index contributed by atoms with van der Waals surface area (Å²) < 4.78 is 0. The highest BCUT2D eigenvalue weighted by Crippen LogP contribution is 2.26. The van der Waals surface area contributed by atoms with Gasteiger partial charge in [-0.2, -0.15) is 12.6 Å². The molecular formula is C11H14S. The summed E-state index contributed by atoms with van der Waals surface area (Å²) in [7, 11) is 0. The zero-order valence-corrected chi connectivity index (χ0v) is 8.38. The van der Waals surface area contributed by atoms with Gasteiger partial charge in [0.15, 0.2) is 0 Å². The van der Waals surface area contributed by atoms with Crippen molar-refractivity contribution >= 4 is 12.6 Å². The SMILES string of the molecule is CC=C(C)C(S)c1ccccc1. The quantitative estimate of drug-likeness (QED) is 0.519. The van der Waals surface area contributed by atoms with Gasteiger partial charge in [0.1, 0.15) is 0 Å². The van der Waals surface area contributed by atoms with Gasteiger partial charge in [0.25, 0.3) is 0 Å². The molecule has 0 saturated heterocycles. The molecule has 0 saturated carbocycles. The van der Waals surface area contributed by atoms with E-state index in [1.165, 1.54) is 11.1 Å². The van der Waals surface area contributed by atoms with Crippen LogP contribution in [-0.4, -0.2) is 0 Å². The first-order valence-corrected chi connectivity index (χ1v) is 4.63. The molecular weight excluding hydrogens is 164 g/mol. The van der Waals surface area contributed by atoms with E-state index in [0.29, 0.717) is 0 Å². The molecule has 0 aromatic heterocycles. The van der Waals surface area contributed by atoms with Gasteiger partial charge in [-0.3, -0.25) is 0 Å². The number of hydrogen-bond donors (Lipinski definition) is 1. The summed E-state index contributed by atoms with van der Waals surface area (Å²) in [5.41, 5.74) is 2.56. The van der Waals surface area contributed by atoms with Crippen LogP contribution in [0.5, 0.6) is 0 Å². The summed E-state index contributed by atoms with van der Waals surface area (Å²) in [6, 6.07) is 10.3. The monoisotopic (exact) mass is 178 g/mol. The molecule has 0 aliphatic heterocycles. The summed E-state index contributed by atoms with van der Waals surface area (Å²) in [5.74, 6) is 0. The van der Waals surface area contributed by atoms with Gasteiger partial charge >= 0.3 is 0 Å². The van der Waals surface area contributed by atoms with Crippen LogP contribution in [0.4, 0.5) is 0 Å². The summed E-state index contributed by atoms with van der Waals surface area (Å²) in [5, 5.41) is 0.246. The van der Waals surface area contributed by atoms with Crippen LogP contribution in [0.3, 0.4) is 0 Å². The van der Waals surface area contributed by atoms with E-state index < -0.39 is 0 Å². The van der Waals surface area contributed by atoms with Gasteiger partial charge in [-0.15, -0.1) is 0 Å². The first-order chi connectivity index (χ1) is 5.75. The molecule has 0 spiro atoms. The second-order valence-electron chi connectivity index (χ2n) is 2.85. The second-order valence-corrected chi connectivity index (χ2v) is 3.36. The van der Waals surface area contributed by atoms with Crippen LogP contribution in [0.2, 0.25) is 0 Å². The first kappa shape index (κ1) is 9.40.